The van der Waals surface area contributed by atoms with Crippen molar-refractivity contribution >= 4 is 6.03 Å². The van der Waals surface area contributed by atoms with Crippen LogP contribution in [0.1, 0.15) is 13.3 Å². The van der Waals surface area contributed by atoms with Crippen LogP contribution in [0.25, 0.3) is 0 Å². The van der Waals surface area contributed by atoms with E-state index in [0.717, 1.165) is 24.5 Å². The molecule has 0 saturated carbocycles. The molecule has 0 aliphatic carbocycles. The minimum atomic E-state index is -0.171. The van der Waals surface area contributed by atoms with Crippen LogP contribution in [0.5, 0.6) is 11.5 Å². The molecular formula is C17H23N5O3. The van der Waals surface area contributed by atoms with Crippen LogP contribution in [0.3, 0.4) is 0 Å². The van der Waals surface area contributed by atoms with Gasteiger partial charge in [-0.25, -0.2) is 9.78 Å². The number of carbonyl (C=O) groups is 1. The lowest BCUT2D eigenvalue weighted by atomic mass is 10.2. The van der Waals surface area contributed by atoms with Gasteiger partial charge in [0.2, 0.25) is 0 Å². The first-order chi connectivity index (χ1) is 12.3. The summed E-state index contributed by atoms with van der Waals surface area (Å²) in [5.41, 5.74) is 0. The number of hydrogen-bond acceptors (Lipinski definition) is 5. The summed E-state index contributed by atoms with van der Waals surface area (Å²) in [5, 5.41) is 6.97. The molecule has 0 bridgehead atoms. The smallest absolute Gasteiger partial charge is 0.317 e. The van der Waals surface area contributed by atoms with Gasteiger partial charge in [0.05, 0.1) is 6.54 Å². The molecule has 1 aliphatic heterocycles. The molecule has 2 aromatic rings. The molecule has 0 spiro atoms. The molecule has 0 radical (unpaired) electrons. The van der Waals surface area contributed by atoms with Gasteiger partial charge in [-0.1, -0.05) is 12.1 Å². The number of urea groups is 1. The van der Waals surface area contributed by atoms with Crippen LogP contribution >= 0.6 is 0 Å². The van der Waals surface area contributed by atoms with Crippen LogP contribution in [0.2, 0.25) is 0 Å². The number of benzene rings is 1. The SMILES string of the molecule is CCN(C[C@@H]1COc2ccccc2O1)C(=O)NCCCn1cncn1. The number of carbonyl (C=O) groups excluding carboxylic acids is 1. The van der Waals surface area contributed by atoms with Gasteiger partial charge in [0.1, 0.15) is 19.3 Å². The number of likely N-dealkylation sites (N-methyl/N-ethyl adjacent to an activating group) is 1. The zero-order valence-corrected chi connectivity index (χ0v) is 14.3. The third kappa shape index (κ3) is 4.62. The van der Waals surface area contributed by atoms with Gasteiger partial charge in [-0.05, 0) is 25.5 Å². The van der Waals surface area contributed by atoms with E-state index in [4.69, 9.17) is 9.47 Å². The monoisotopic (exact) mass is 345 g/mol. The van der Waals surface area contributed by atoms with Gasteiger partial charge in [0.25, 0.3) is 0 Å². The van der Waals surface area contributed by atoms with Crippen molar-refractivity contribution in [3.8, 4) is 11.5 Å². The van der Waals surface area contributed by atoms with E-state index in [2.05, 4.69) is 15.4 Å². The van der Waals surface area contributed by atoms with E-state index < -0.39 is 0 Å². The van der Waals surface area contributed by atoms with Crippen LogP contribution < -0.4 is 14.8 Å². The van der Waals surface area contributed by atoms with E-state index in [9.17, 15) is 4.79 Å². The minimum Gasteiger partial charge on any atom is -0.486 e. The largest absolute Gasteiger partial charge is 0.486 e. The fourth-order valence-electron chi connectivity index (χ4n) is 2.65. The van der Waals surface area contributed by atoms with Crippen LogP contribution in [-0.4, -0.2) is 58.0 Å². The first-order valence-corrected chi connectivity index (χ1v) is 8.50. The maximum absolute atomic E-state index is 12.3. The lowest BCUT2D eigenvalue weighted by molar-refractivity contribution is 0.0675. The molecule has 25 heavy (non-hydrogen) atoms. The molecule has 0 saturated heterocycles. The molecule has 1 aliphatic rings. The van der Waals surface area contributed by atoms with Gasteiger partial charge in [-0.3, -0.25) is 4.68 Å². The topological polar surface area (TPSA) is 81.5 Å². The minimum absolute atomic E-state index is 0.0939. The number of rotatable bonds is 7. The number of nitrogens with one attached hydrogen (secondary N) is 1. The highest BCUT2D eigenvalue weighted by Gasteiger charge is 2.24. The van der Waals surface area contributed by atoms with E-state index >= 15 is 0 Å². The predicted molar refractivity (Wildman–Crippen MR) is 91.6 cm³/mol. The number of aryl methyl sites for hydroxylation is 1. The Bertz CT molecular complexity index is 677. The average Bonchev–Trinajstić information content (AvgIpc) is 3.16. The fourth-order valence-corrected chi connectivity index (χ4v) is 2.65. The van der Waals surface area contributed by atoms with Crippen molar-refractivity contribution < 1.29 is 14.3 Å². The van der Waals surface area contributed by atoms with Gasteiger partial charge >= 0.3 is 6.03 Å². The zero-order valence-electron chi connectivity index (χ0n) is 14.3. The fraction of sp³-hybridized carbons (Fsp3) is 0.471. The third-order valence-corrected chi connectivity index (χ3v) is 3.97. The van der Waals surface area contributed by atoms with Crippen LogP contribution in [0, 0.1) is 0 Å². The Morgan fingerprint density at radius 3 is 3.00 bits per heavy atom. The lowest BCUT2D eigenvalue weighted by Crippen LogP contribution is -2.47. The zero-order chi connectivity index (χ0) is 17.5. The van der Waals surface area contributed by atoms with Crippen molar-refractivity contribution in [2.45, 2.75) is 26.0 Å². The molecule has 2 heterocycles. The first kappa shape index (κ1) is 17.1. The summed E-state index contributed by atoms with van der Waals surface area (Å²) >= 11 is 0. The number of amides is 2. The quantitative estimate of drug-likeness (QED) is 0.770. The number of ether oxygens (including phenoxy) is 2. The van der Waals surface area contributed by atoms with Crippen molar-refractivity contribution in [1.29, 1.82) is 0 Å². The summed E-state index contributed by atoms with van der Waals surface area (Å²) in [6.45, 7) is 4.79. The molecule has 1 atom stereocenters. The van der Waals surface area contributed by atoms with Gasteiger partial charge in [-0.15, -0.1) is 0 Å². The Morgan fingerprint density at radius 2 is 2.24 bits per heavy atom. The molecule has 3 rings (SSSR count). The maximum atomic E-state index is 12.3. The molecule has 1 aromatic carbocycles. The average molecular weight is 345 g/mol. The van der Waals surface area contributed by atoms with Gasteiger partial charge in [0, 0.05) is 19.6 Å². The van der Waals surface area contributed by atoms with Gasteiger partial charge in [0.15, 0.2) is 17.6 Å². The Morgan fingerprint density at radius 1 is 1.40 bits per heavy atom. The predicted octanol–water partition coefficient (Wildman–Crippen LogP) is 1.54. The Balaban J connectivity index is 1.43. The number of hydrogen-bond donors (Lipinski definition) is 1. The normalized spacial score (nSPS) is 15.6. The maximum Gasteiger partial charge on any atom is 0.317 e. The molecule has 8 heteroatoms. The summed E-state index contributed by atoms with van der Waals surface area (Å²) in [7, 11) is 0. The molecule has 1 aromatic heterocycles. The summed E-state index contributed by atoms with van der Waals surface area (Å²) in [6.07, 6.45) is 3.79. The van der Waals surface area contributed by atoms with E-state index in [1.165, 1.54) is 6.33 Å². The molecule has 8 nitrogen and oxygen atoms in total. The second kappa shape index (κ2) is 8.36. The van der Waals surface area contributed by atoms with E-state index in [-0.39, 0.29) is 12.1 Å². The summed E-state index contributed by atoms with van der Waals surface area (Å²) in [6, 6.07) is 7.48. The van der Waals surface area contributed by atoms with Crippen LogP contribution in [0.15, 0.2) is 36.9 Å². The van der Waals surface area contributed by atoms with Gasteiger partial charge < -0.3 is 19.7 Å². The molecule has 0 fully saturated rings. The molecule has 1 N–H and O–H groups in total. The standard InChI is InChI=1S/C17H23N5O3/c1-2-21(17(23)19-8-5-9-22-13-18-12-20-22)10-14-11-24-15-6-3-4-7-16(15)25-14/h3-4,6-7,12-14H,2,5,8-11H2,1H3,(H,19,23)/t14-/m1/s1. The van der Waals surface area contributed by atoms with E-state index in [1.54, 1.807) is 15.9 Å². The van der Waals surface area contributed by atoms with Gasteiger partial charge in [-0.2, -0.15) is 5.10 Å². The van der Waals surface area contributed by atoms with E-state index in [1.807, 2.05) is 31.2 Å². The lowest BCUT2D eigenvalue weighted by Gasteiger charge is -2.31. The number of nitrogens with zero attached hydrogens (tertiary/aromatic N) is 4. The molecule has 0 unspecified atom stereocenters. The van der Waals surface area contributed by atoms with Crippen LogP contribution in [0.4, 0.5) is 4.79 Å². The number of para-hydroxylation sites is 2. The first-order valence-electron chi connectivity index (χ1n) is 8.50. The highest BCUT2D eigenvalue weighted by Crippen LogP contribution is 2.30. The van der Waals surface area contributed by atoms with Crippen molar-refractivity contribution in [3.63, 3.8) is 0 Å². The van der Waals surface area contributed by atoms with Crippen molar-refractivity contribution in [2.75, 3.05) is 26.2 Å². The van der Waals surface area contributed by atoms with Crippen molar-refractivity contribution in [2.24, 2.45) is 0 Å². The summed E-state index contributed by atoms with van der Waals surface area (Å²) < 4.78 is 13.4. The Labute approximate surface area is 146 Å². The summed E-state index contributed by atoms with van der Waals surface area (Å²) in [4.78, 5) is 18.0. The van der Waals surface area contributed by atoms with Crippen molar-refractivity contribution in [1.82, 2.24) is 25.0 Å². The highest BCUT2D eigenvalue weighted by atomic mass is 16.6. The van der Waals surface area contributed by atoms with E-state index in [0.29, 0.717) is 26.2 Å². The molecule has 134 valence electrons. The molecule has 2 amide bonds. The number of fused-ring (bicyclic) bond motifs is 1. The summed E-state index contributed by atoms with van der Waals surface area (Å²) in [5.74, 6) is 1.47. The Kier molecular flexibility index (Phi) is 5.71. The third-order valence-electron chi connectivity index (χ3n) is 3.97. The second-order valence-corrected chi connectivity index (χ2v) is 5.78. The second-order valence-electron chi connectivity index (χ2n) is 5.78. The molecular weight excluding hydrogens is 322 g/mol. The van der Waals surface area contributed by atoms with Crippen LogP contribution in [-0.2, 0) is 6.54 Å². The Hall–Kier alpha value is -2.77. The highest BCUT2D eigenvalue weighted by molar-refractivity contribution is 5.74. The van der Waals surface area contributed by atoms with Crippen molar-refractivity contribution in [3.05, 3.63) is 36.9 Å². The number of aromatic nitrogens is 3.